The number of carbonyl (C=O) groups excluding carboxylic acids is 1. The van der Waals surface area contributed by atoms with Crippen molar-refractivity contribution in [3.05, 3.63) is 64.7 Å². The summed E-state index contributed by atoms with van der Waals surface area (Å²) in [5, 5.41) is 9.42. The van der Waals surface area contributed by atoms with Crippen LogP contribution in [0.1, 0.15) is 60.2 Å². The van der Waals surface area contributed by atoms with Crippen LogP contribution in [0.25, 0.3) is 0 Å². The molecular weight excluding hydrogens is 452 g/mol. The Kier molecular flexibility index (Phi) is 9.79. The van der Waals surface area contributed by atoms with E-state index in [1.807, 2.05) is 23.1 Å². The number of nitrogens with zero attached hydrogens (tertiary/aromatic N) is 2. The SMILES string of the molecule is CC(C)CCN1CCOCCOc2ccc(C(=O)N3CCC(CO)CC3)cc2Cc2cccc(c2)C1. The highest BCUT2D eigenvalue weighted by atomic mass is 16.5. The second-order valence-corrected chi connectivity index (χ2v) is 10.7. The number of benzene rings is 2. The van der Waals surface area contributed by atoms with Crippen LogP contribution >= 0.6 is 0 Å². The van der Waals surface area contributed by atoms with Gasteiger partial charge in [0, 0.05) is 44.8 Å². The van der Waals surface area contributed by atoms with Gasteiger partial charge in [0.2, 0.25) is 0 Å². The Bertz CT molecular complexity index is 985. The van der Waals surface area contributed by atoms with E-state index in [4.69, 9.17) is 9.47 Å². The molecule has 2 aliphatic heterocycles. The quantitative estimate of drug-likeness (QED) is 0.669. The van der Waals surface area contributed by atoms with Gasteiger partial charge in [-0.15, -0.1) is 0 Å². The summed E-state index contributed by atoms with van der Waals surface area (Å²) in [6.45, 7) is 10.7. The summed E-state index contributed by atoms with van der Waals surface area (Å²) in [5.41, 5.74) is 4.25. The third-order valence-electron chi connectivity index (χ3n) is 7.32. The van der Waals surface area contributed by atoms with Crippen molar-refractivity contribution < 1.29 is 19.4 Å². The fourth-order valence-electron chi connectivity index (χ4n) is 5.03. The Morgan fingerprint density at radius 3 is 2.61 bits per heavy atom. The highest BCUT2D eigenvalue weighted by Gasteiger charge is 2.24. The van der Waals surface area contributed by atoms with E-state index in [1.54, 1.807) is 0 Å². The third-order valence-corrected chi connectivity index (χ3v) is 7.32. The van der Waals surface area contributed by atoms with E-state index in [0.29, 0.717) is 56.7 Å². The van der Waals surface area contributed by atoms with E-state index >= 15 is 0 Å². The van der Waals surface area contributed by atoms with Crippen LogP contribution in [-0.2, 0) is 17.7 Å². The van der Waals surface area contributed by atoms with Crippen LogP contribution in [0.5, 0.6) is 5.75 Å². The van der Waals surface area contributed by atoms with Crippen molar-refractivity contribution >= 4 is 5.91 Å². The summed E-state index contributed by atoms with van der Waals surface area (Å²) in [6, 6.07) is 14.6. The van der Waals surface area contributed by atoms with Gasteiger partial charge in [0.25, 0.3) is 5.91 Å². The number of piperidine rings is 1. The van der Waals surface area contributed by atoms with Crippen LogP contribution in [0.15, 0.2) is 42.5 Å². The minimum Gasteiger partial charge on any atom is -0.491 e. The van der Waals surface area contributed by atoms with Crippen molar-refractivity contribution in [2.75, 3.05) is 52.6 Å². The predicted molar refractivity (Wildman–Crippen MR) is 142 cm³/mol. The number of carbonyl (C=O) groups is 1. The molecule has 6 nitrogen and oxygen atoms in total. The van der Waals surface area contributed by atoms with Crippen molar-refractivity contribution in [1.82, 2.24) is 9.80 Å². The smallest absolute Gasteiger partial charge is 0.253 e. The molecule has 36 heavy (non-hydrogen) atoms. The average Bonchev–Trinajstić information content (AvgIpc) is 2.89. The molecule has 4 rings (SSSR count). The number of hydrogen-bond donors (Lipinski definition) is 1. The maximum Gasteiger partial charge on any atom is 0.253 e. The molecule has 0 spiro atoms. The lowest BCUT2D eigenvalue weighted by atomic mass is 9.96. The van der Waals surface area contributed by atoms with Crippen LogP contribution < -0.4 is 4.74 Å². The van der Waals surface area contributed by atoms with E-state index in [0.717, 1.165) is 43.8 Å². The number of rotatable bonds is 5. The zero-order chi connectivity index (χ0) is 25.3. The lowest BCUT2D eigenvalue weighted by Crippen LogP contribution is -2.39. The Morgan fingerprint density at radius 1 is 1.03 bits per heavy atom. The van der Waals surface area contributed by atoms with E-state index < -0.39 is 0 Å². The van der Waals surface area contributed by atoms with Crippen molar-refractivity contribution in [1.29, 1.82) is 0 Å². The molecule has 0 aromatic heterocycles. The maximum atomic E-state index is 13.3. The van der Waals surface area contributed by atoms with Gasteiger partial charge >= 0.3 is 0 Å². The summed E-state index contributed by atoms with van der Waals surface area (Å²) in [4.78, 5) is 17.7. The molecule has 1 amide bonds. The van der Waals surface area contributed by atoms with Gasteiger partial charge in [0.1, 0.15) is 12.4 Å². The van der Waals surface area contributed by atoms with Crippen LogP contribution in [-0.4, -0.2) is 73.4 Å². The lowest BCUT2D eigenvalue weighted by molar-refractivity contribution is 0.0650. The molecule has 0 saturated carbocycles. The van der Waals surface area contributed by atoms with Crippen molar-refractivity contribution in [2.45, 2.75) is 46.1 Å². The molecule has 0 atom stereocenters. The molecule has 6 heteroatoms. The molecule has 1 saturated heterocycles. The molecule has 2 aromatic rings. The predicted octanol–water partition coefficient (Wildman–Crippen LogP) is 4.38. The molecule has 2 aliphatic rings. The molecule has 2 aromatic carbocycles. The van der Waals surface area contributed by atoms with Crippen LogP contribution in [0.3, 0.4) is 0 Å². The normalized spacial score (nSPS) is 18.4. The summed E-state index contributed by atoms with van der Waals surface area (Å²) in [7, 11) is 0. The second-order valence-electron chi connectivity index (χ2n) is 10.7. The van der Waals surface area contributed by atoms with E-state index in [9.17, 15) is 9.90 Å². The molecule has 196 valence electrons. The van der Waals surface area contributed by atoms with Crippen LogP contribution in [0.4, 0.5) is 0 Å². The van der Waals surface area contributed by atoms with Gasteiger partial charge in [-0.2, -0.15) is 0 Å². The fourth-order valence-corrected chi connectivity index (χ4v) is 5.03. The van der Waals surface area contributed by atoms with Crippen molar-refractivity contribution in [3.63, 3.8) is 0 Å². The van der Waals surface area contributed by atoms with Gasteiger partial charge < -0.3 is 19.5 Å². The van der Waals surface area contributed by atoms with Gasteiger partial charge in [-0.25, -0.2) is 0 Å². The first kappa shape index (κ1) is 26.6. The van der Waals surface area contributed by atoms with Gasteiger partial charge in [-0.1, -0.05) is 38.1 Å². The minimum absolute atomic E-state index is 0.0615. The number of hydrogen-bond acceptors (Lipinski definition) is 5. The van der Waals surface area contributed by atoms with Crippen LogP contribution in [0, 0.1) is 11.8 Å². The van der Waals surface area contributed by atoms with E-state index in [2.05, 4.69) is 43.0 Å². The Labute approximate surface area is 216 Å². The first-order chi connectivity index (χ1) is 17.5. The van der Waals surface area contributed by atoms with Gasteiger partial charge in [-0.05, 0) is 72.5 Å². The highest BCUT2D eigenvalue weighted by molar-refractivity contribution is 5.94. The minimum atomic E-state index is 0.0615. The first-order valence-electron chi connectivity index (χ1n) is 13.6. The number of amides is 1. The molecule has 0 unspecified atom stereocenters. The molecule has 1 N–H and O–H groups in total. The number of fused-ring (bicyclic) bond motifs is 3. The Morgan fingerprint density at radius 2 is 1.83 bits per heavy atom. The molecule has 1 fully saturated rings. The second kappa shape index (κ2) is 13.2. The number of aliphatic hydroxyl groups excluding tert-OH is 1. The molecule has 0 aliphatic carbocycles. The standard InChI is InChI=1S/C30H42N2O4/c1-23(2)8-11-31-14-15-35-16-17-36-29-7-6-27(30(34)32-12-9-24(22-33)10-13-32)20-28(29)19-25-4-3-5-26(18-25)21-31/h3-7,18,20,23-24,33H,8-17,19,21-22H2,1-2H3. The van der Waals surface area contributed by atoms with Gasteiger partial charge in [0.05, 0.1) is 13.2 Å². The molecule has 2 heterocycles. The van der Waals surface area contributed by atoms with Crippen molar-refractivity contribution in [3.8, 4) is 5.75 Å². The lowest BCUT2D eigenvalue weighted by Gasteiger charge is -2.31. The molecule has 2 bridgehead atoms. The molecule has 0 radical (unpaired) electrons. The van der Waals surface area contributed by atoms with E-state index in [1.165, 1.54) is 17.5 Å². The highest BCUT2D eigenvalue weighted by Crippen LogP contribution is 2.26. The fraction of sp³-hybridized carbons (Fsp3) is 0.567. The molecular formula is C30H42N2O4. The van der Waals surface area contributed by atoms with E-state index in [-0.39, 0.29) is 12.5 Å². The summed E-state index contributed by atoms with van der Waals surface area (Å²) >= 11 is 0. The zero-order valence-electron chi connectivity index (χ0n) is 22.0. The number of likely N-dealkylation sites (tertiary alicyclic amines) is 1. The average molecular weight is 495 g/mol. The first-order valence-corrected chi connectivity index (χ1v) is 13.6. The summed E-state index contributed by atoms with van der Waals surface area (Å²) in [6.07, 6.45) is 3.60. The summed E-state index contributed by atoms with van der Waals surface area (Å²) < 4.78 is 12.0. The maximum absolute atomic E-state index is 13.3. The Hall–Kier alpha value is -2.41. The van der Waals surface area contributed by atoms with Crippen molar-refractivity contribution in [2.24, 2.45) is 11.8 Å². The van der Waals surface area contributed by atoms with Gasteiger partial charge in [0.15, 0.2) is 0 Å². The van der Waals surface area contributed by atoms with Crippen LogP contribution in [0.2, 0.25) is 0 Å². The van der Waals surface area contributed by atoms with Gasteiger partial charge in [-0.3, -0.25) is 9.69 Å². The zero-order valence-corrected chi connectivity index (χ0v) is 22.0. The third kappa shape index (κ3) is 7.55. The Balaban J connectivity index is 1.54. The number of aliphatic hydroxyl groups is 1. The topological polar surface area (TPSA) is 62.2 Å². The largest absolute Gasteiger partial charge is 0.491 e. The number of ether oxygens (including phenoxy) is 2. The summed E-state index contributed by atoms with van der Waals surface area (Å²) in [5.74, 6) is 1.86. The monoisotopic (exact) mass is 494 g/mol.